The maximum absolute atomic E-state index is 12.7. The monoisotopic (exact) mass is 423 g/mol. The Labute approximate surface area is 177 Å². The number of carbonyl (C=O) groups excluding carboxylic acids is 1. The van der Waals surface area contributed by atoms with Gasteiger partial charge in [-0.2, -0.15) is 0 Å². The van der Waals surface area contributed by atoms with Crippen molar-refractivity contribution in [2.45, 2.75) is 13.0 Å². The van der Waals surface area contributed by atoms with Crippen molar-refractivity contribution in [3.63, 3.8) is 0 Å². The van der Waals surface area contributed by atoms with Crippen LogP contribution in [0.5, 0.6) is 5.75 Å². The van der Waals surface area contributed by atoms with E-state index in [1.54, 1.807) is 17.4 Å². The van der Waals surface area contributed by atoms with Crippen LogP contribution < -0.4 is 15.8 Å². The van der Waals surface area contributed by atoms with Crippen molar-refractivity contribution in [3.05, 3.63) is 82.3 Å². The molecule has 1 amide bonds. The van der Waals surface area contributed by atoms with Gasteiger partial charge in [0.2, 0.25) is 0 Å². The fourth-order valence-electron chi connectivity index (χ4n) is 2.95. The van der Waals surface area contributed by atoms with Gasteiger partial charge in [0.25, 0.3) is 5.91 Å². The summed E-state index contributed by atoms with van der Waals surface area (Å²) < 4.78 is 7.00. The summed E-state index contributed by atoms with van der Waals surface area (Å²) in [6.07, 6.45) is 1.16. The highest BCUT2D eigenvalue weighted by atomic mass is 35.5. The first-order chi connectivity index (χ1) is 14.0. The Morgan fingerprint density at radius 3 is 2.93 bits per heavy atom. The number of aromatic nitrogens is 1. The molecule has 2 heterocycles. The van der Waals surface area contributed by atoms with E-state index in [9.17, 15) is 4.79 Å². The van der Waals surface area contributed by atoms with Crippen LogP contribution in [-0.4, -0.2) is 10.9 Å². The lowest BCUT2D eigenvalue weighted by atomic mass is 10.1. The van der Waals surface area contributed by atoms with Gasteiger partial charge >= 0.3 is 0 Å². The van der Waals surface area contributed by atoms with Crippen molar-refractivity contribution in [2.75, 3.05) is 11.1 Å². The summed E-state index contributed by atoms with van der Waals surface area (Å²) in [7, 11) is 0. The Morgan fingerprint density at radius 2 is 2.07 bits per heavy atom. The molecule has 0 spiro atoms. The maximum atomic E-state index is 12.7. The third-order valence-electron chi connectivity index (χ3n) is 4.48. The van der Waals surface area contributed by atoms with Gasteiger partial charge in [0, 0.05) is 28.2 Å². The summed E-state index contributed by atoms with van der Waals surface area (Å²) >= 11 is 7.58. The summed E-state index contributed by atoms with van der Waals surface area (Å²) in [5.41, 5.74) is 8.05. The number of halogens is 1. The van der Waals surface area contributed by atoms with Crippen molar-refractivity contribution >= 4 is 50.4 Å². The number of nitrogens with two attached hydrogens (primary N) is 1. The molecule has 0 fully saturated rings. The number of ether oxygens (including phenoxy) is 1. The minimum atomic E-state index is -0.308. The zero-order valence-corrected chi connectivity index (χ0v) is 17.1. The lowest BCUT2D eigenvalue weighted by Crippen LogP contribution is -2.12. The number of thiophene rings is 1. The molecule has 1 atom stereocenters. The average Bonchev–Trinajstić information content (AvgIpc) is 3.18. The molecule has 4 rings (SSSR count). The van der Waals surface area contributed by atoms with E-state index in [1.165, 1.54) is 6.20 Å². The van der Waals surface area contributed by atoms with Gasteiger partial charge in [-0.15, -0.1) is 11.3 Å². The van der Waals surface area contributed by atoms with E-state index >= 15 is 0 Å². The van der Waals surface area contributed by atoms with Gasteiger partial charge in [0.05, 0.1) is 5.02 Å². The molecular formula is C22H18ClN3O2S. The van der Waals surface area contributed by atoms with Crippen molar-refractivity contribution in [1.29, 1.82) is 0 Å². The summed E-state index contributed by atoms with van der Waals surface area (Å²) in [4.78, 5) is 16.7. The SMILES string of the molecule is C[C@@H](Oc1cc(Cl)cnc1N)c1cccc(NC(=O)c2ccc3ccsc3c2)c1. The number of pyridine rings is 1. The fourth-order valence-corrected chi connectivity index (χ4v) is 3.93. The van der Waals surface area contributed by atoms with Crippen LogP contribution in [0.4, 0.5) is 11.5 Å². The Hall–Kier alpha value is -3.09. The van der Waals surface area contributed by atoms with Gasteiger partial charge in [0.15, 0.2) is 11.6 Å². The van der Waals surface area contributed by atoms with E-state index in [0.29, 0.717) is 22.0 Å². The normalized spacial score (nSPS) is 11.9. The summed E-state index contributed by atoms with van der Waals surface area (Å²) in [6, 6.07) is 16.9. The van der Waals surface area contributed by atoms with Gasteiger partial charge < -0.3 is 15.8 Å². The number of hydrogen-bond donors (Lipinski definition) is 2. The first-order valence-electron chi connectivity index (χ1n) is 8.96. The fraction of sp³-hybridized carbons (Fsp3) is 0.0909. The highest BCUT2D eigenvalue weighted by molar-refractivity contribution is 7.17. The molecule has 5 nitrogen and oxygen atoms in total. The topological polar surface area (TPSA) is 77.2 Å². The molecule has 0 aliphatic carbocycles. The molecule has 3 N–H and O–H groups in total. The van der Waals surface area contributed by atoms with E-state index in [4.69, 9.17) is 22.1 Å². The lowest BCUT2D eigenvalue weighted by Gasteiger charge is -2.17. The van der Waals surface area contributed by atoms with Crippen LogP contribution in [-0.2, 0) is 0 Å². The number of anilines is 2. The van der Waals surface area contributed by atoms with E-state index < -0.39 is 0 Å². The lowest BCUT2D eigenvalue weighted by molar-refractivity contribution is 0.102. The minimum Gasteiger partial charge on any atom is -0.482 e. The molecule has 0 aliphatic rings. The predicted molar refractivity (Wildman–Crippen MR) is 119 cm³/mol. The molecule has 2 aromatic heterocycles. The highest BCUT2D eigenvalue weighted by Crippen LogP contribution is 2.29. The molecule has 4 aromatic rings. The molecule has 0 unspecified atom stereocenters. The second-order valence-corrected chi connectivity index (χ2v) is 7.93. The Bertz CT molecular complexity index is 1190. The Balaban J connectivity index is 1.50. The van der Waals surface area contributed by atoms with Crippen LogP contribution in [0.3, 0.4) is 0 Å². The molecular weight excluding hydrogens is 406 g/mol. The van der Waals surface area contributed by atoms with Crippen LogP contribution in [0.25, 0.3) is 10.1 Å². The van der Waals surface area contributed by atoms with Gasteiger partial charge in [-0.1, -0.05) is 29.8 Å². The van der Waals surface area contributed by atoms with Crippen molar-refractivity contribution in [2.24, 2.45) is 0 Å². The number of nitrogens with zero attached hydrogens (tertiary/aromatic N) is 1. The van der Waals surface area contributed by atoms with Gasteiger partial charge in [-0.3, -0.25) is 4.79 Å². The average molecular weight is 424 g/mol. The van der Waals surface area contributed by atoms with Crippen LogP contribution in [0.1, 0.15) is 28.9 Å². The van der Waals surface area contributed by atoms with E-state index in [1.807, 2.05) is 60.8 Å². The van der Waals surface area contributed by atoms with E-state index in [2.05, 4.69) is 10.3 Å². The molecule has 0 bridgehead atoms. The van der Waals surface area contributed by atoms with Gasteiger partial charge in [-0.05, 0) is 53.6 Å². The summed E-state index contributed by atoms with van der Waals surface area (Å²) in [6.45, 7) is 1.89. The Morgan fingerprint density at radius 1 is 1.21 bits per heavy atom. The zero-order valence-electron chi connectivity index (χ0n) is 15.6. The molecule has 0 saturated carbocycles. The summed E-state index contributed by atoms with van der Waals surface area (Å²) in [5.74, 6) is 0.535. The van der Waals surface area contributed by atoms with Crippen molar-refractivity contribution < 1.29 is 9.53 Å². The Kier molecular flexibility index (Phi) is 5.38. The number of benzene rings is 2. The number of nitrogens with one attached hydrogen (secondary N) is 1. The van der Waals surface area contributed by atoms with E-state index in [0.717, 1.165) is 15.6 Å². The molecule has 0 radical (unpaired) electrons. The number of rotatable bonds is 5. The van der Waals surface area contributed by atoms with Crippen LogP contribution in [0, 0.1) is 0 Å². The third kappa shape index (κ3) is 4.34. The highest BCUT2D eigenvalue weighted by Gasteiger charge is 2.13. The quantitative estimate of drug-likeness (QED) is 0.417. The maximum Gasteiger partial charge on any atom is 0.255 e. The number of amides is 1. The largest absolute Gasteiger partial charge is 0.482 e. The van der Waals surface area contributed by atoms with Gasteiger partial charge in [-0.25, -0.2) is 4.98 Å². The van der Waals surface area contributed by atoms with Crippen molar-refractivity contribution in [1.82, 2.24) is 4.98 Å². The van der Waals surface area contributed by atoms with Gasteiger partial charge in [0.1, 0.15) is 6.10 Å². The second kappa shape index (κ2) is 8.11. The molecule has 7 heteroatoms. The number of nitrogen functional groups attached to an aromatic ring is 1. The smallest absolute Gasteiger partial charge is 0.255 e. The first-order valence-corrected chi connectivity index (χ1v) is 10.2. The summed E-state index contributed by atoms with van der Waals surface area (Å²) in [5, 5.41) is 6.54. The molecule has 0 saturated heterocycles. The molecule has 2 aromatic carbocycles. The van der Waals surface area contributed by atoms with Crippen molar-refractivity contribution in [3.8, 4) is 5.75 Å². The predicted octanol–water partition coefficient (Wildman–Crippen LogP) is 5.92. The standard InChI is InChI=1S/C22H18ClN3O2S/c1-13(28-19-11-17(23)12-25-21(19)24)15-3-2-4-18(9-15)26-22(27)16-6-5-14-7-8-29-20(14)10-16/h2-13H,1H3,(H2,24,25)(H,26,27)/t13-/m1/s1. The molecule has 146 valence electrons. The zero-order chi connectivity index (χ0) is 20.4. The number of carbonyl (C=O) groups is 1. The van der Waals surface area contributed by atoms with E-state index in [-0.39, 0.29) is 17.8 Å². The second-order valence-electron chi connectivity index (χ2n) is 6.55. The van der Waals surface area contributed by atoms with Crippen LogP contribution >= 0.6 is 22.9 Å². The third-order valence-corrected chi connectivity index (χ3v) is 5.57. The number of hydrogen-bond acceptors (Lipinski definition) is 5. The molecule has 29 heavy (non-hydrogen) atoms. The van der Waals surface area contributed by atoms with Crippen LogP contribution in [0.2, 0.25) is 5.02 Å². The number of fused-ring (bicyclic) bond motifs is 1. The van der Waals surface area contributed by atoms with Crippen LogP contribution in [0.15, 0.2) is 66.2 Å². The minimum absolute atomic E-state index is 0.158. The first kappa shape index (κ1) is 19.2. The molecule has 0 aliphatic heterocycles.